The second-order valence-electron chi connectivity index (χ2n) is 6.08. The van der Waals surface area contributed by atoms with Crippen molar-refractivity contribution in [2.75, 3.05) is 31.6 Å². The molecule has 1 fully saturated rings. The predicted octanol–water partition coefficient (Wildman–Crippen LogP) is 4.02. The molecule has 1 atom stereocenters. The Morgan fingerprint density at radius 1 is 1.05 bits per heavy atom. The molecule has 22 heavy (non-hydrogen) atoms. The van der Waals surface area contributed by atoms with Gasteiger partial charge < -0.3 is 14.5 Å². The minimum absolute atomic E-state index is 0. The second kappa shape index (κ2) is 5.82. The number of piperazine rings is 1. The number of fused-ring (bicyclic) bond motifs is 5. The van der Waals surface area contributed by atoms with Gasteiger partial charge in [0.1, 0.15) is 5.75 Å². The molecule has 0 radical (unpaired) electrons. The van der Waals surface area contributed by atoms with E-state index in [2.05, 4.69) is 66.2 Å². The van der Waals surface area contributed by atoms with Gasteiger partial charge in [0.05, 0.1) is 11.7 Å². The van der Waals surface area contributed by atoms with E-state index in [4.69, 9.17) is 4.74 Å². The molecule has 1 unspecified atom stereocenters. The van der Waals surface area contributed by atoms with Gasteiger partial charge in [0.25, 0.3) is 0 Å². The fourth-order valence-corrected chi connectivity index (χ4v) is 3.38. The molecular weight excluding hydrogens is 296 g/mol. The van der Waals surface area contributed by atoms with E-state index < -0.39 is 0 Å². The molecule has 0 N–H and O–H groups in total. The average Bonchev–Trinajstić information content (AvgIpc) is 2.62. The van der Waals surface area contributed by atoms with Gasteiger partial charge in [-0.25, -0.2) is 0 Å². The molecule has 0 saturated carbocycles. The topological polar surface area (TPSA) is 15.7 Å². The van der Waals surface area contributed by atoms with Crippen LogP contribution in [0.3, 0.4) is 0 Å². The maximum atomic E-state index is 6.22. The lowest BCUT2D eigenvalue weighted by molar-refractivity contribution is 0.269. The lowest BCUT2D eigenvalue weighted by atomic mass is 10.0. The largest absolute Gasteiger partial charge is 0.455 e. The number of benzene rings is 2. The van der Waals surface area contributed by atoms with E-state index in [9.17, 15) is 0 Å². The van der Waals surface area contributed by atoms with Gasteiger partial charge in [-0.05, 0) is 37.7 Å². The third-order valence-corrected chi connectivity index (χ3v) is 4.51. The molecule has 2 aliphatic heterocycles. The van der Waals surface area contributed by atoms with Crippen molar-refractivity contribution in [2.24, 2.45) is 0 Å². The van der Waals surface area contributed by atoms with E-state index in [0.717, 1.165) is 31.1 Å². The van der Waals surface area contributed by atoms with Crippen molar-refractivity contribution < 1.29 is 4.74 Å². The monoisotopic (exact) mass is 316 g/mol. The number of nitrogens with zero attached hydrogens (tertiary/aromatic N) is 2. The molecule has 4 heteroatoms. The first-order valence-electron chi connectivity index (χ1n) is 7.55. The van der Waals surface area contributed by atoms with E-state index in [1.165, 1.54) is 16.8 Å². The highest BCUT2D eigenvalue weighted by Crippen LogP contribution is 2.45. The molecule has 4 rings (SSSR count). The van der Waals surface area contributed by atoms with Crippen LogP contribution in [0.2, 0.25) is 0 Å². The van der Waals surface area contributed by atoms with Crippen molar-refractivity contribution >= 4 is 18.1 Å². The van der Waals surface area contributed by atoms with Crippen molar-refractivity contribution in [2.45, 2.75) is 13.0 Å². The first-order valence-corrected chi connectivity index (χ1v) is 7.55. The highest BCUT2D eigenvalue weighted by Gasteiger charge is 2.33. The van der Waals surface area contributed by atoms with Gasteiger partial charge in [0.2, 0.25) is 0 Å². The summed E-state index contributed by atoms with van der Waals surface area (Å²) in [5.41, 5.74) is 3.79. The van der Waals surface area contributed by atoms with Crippen LogP contribution in [0.4, 0.5) is 5.69 Å². The van der Waals surface area contributed by atoms with Crippen LogP contribution in [0, 0.1) is 6.92 Å². The number of hydrogen-bond donors (Lipinski definition) is 0. The highest BCUT2D eigenvalue weighted by atomic mass is 35.5. The van der Waals surface area contributed by atoms with E-state index in [1.807, 2.05) is 0 Å². The Morgan fingerprint density at radius 3 is 2.73 bits per heavy atom. The predicted molar refractivity (Wildman–Crippen MR) is 92.5 cm³/mol. The normalized spacial score (nSPS) is 19.9. The Hall–Kier alpha value is -1.71. The lowest BCUT2D eigenvalue weighted by Crippen LogP contribution is -2.46. The van der Waals surface area contributed by atoms with Gasteiger partial charge in [-0.2, -0.15) is 0 Å². The Morgan fingerprint density at radius 2 is 1.86 bits per heavy atom. The summed E-state index contributed by atoms with van der Waals surface area (Å²) >= 11 is 0. The summed E-state index contributed by atoms with van der Waals surface area (Å²) in [5, 5.41) is 0. The van der Waals surface area contributed by atoms with Crippen molar-refractivity contribution in [3.05, 3.63) is 53.6 Å². The summed E-state index contributed by atoms with van der Waals surface area (Å²) in [4.78, 5) is 4.91. The zero-order valence-electron chi connectivity index (χ0n) is 13.0. The molecule has 116 valence electrons. The number of ether oxygens (including phenoxy) is 1. The minimum Gasteiger partial charge on any atom is -0.455 e. The van der Waals surface area contributed by atoms with Gasteiger partial charge in [-0.3, -0.25) is 0 Å². The number of aryl methyl sites for hydroxylation is 1. The smallest absolute Gasteiger partial charge is 0.150 e. The standard InChI is InChI=1S/C18H20N2O.ClH/c1-13-7-8-18-15(11-13)20-10-9-19(2)12-16(20)14-5-3-4-6-17(14)21-18;/h3-8,11,16H,9-10,12H2,1-2H3;1H. The SMILES string of the molecule is Cc1ccc2c(c1)N1CCN(C)CC1c1ccccc1O2.Cl. The van der Waals surface area contributed by atoms with Crippen molar-refractivity contribution in [1.29, 1.82) is 0 Å². The summed E-state index contributed by atoms with van der Waals surface area (Å²) in [5.74, 6) is 1.96. The Kier molecular flexibility index (Phi) is 4.02. The van der Waals surface area contributed by atoms with Crippen LogP contribution < -0.4 is 9.64 Å². The number of likely N-dealkylation sites (N-methyl/N-ethyl adjacent to an activating group) is 1. The number of rotatable bonds is 0. The summed E-state index contributed by atoms with van der Waals surface area (Å²) in [6.45, 7) is 5.30. The number of anilines is 1. The van der Waals surface area contributed by atoms with E-state index >= 15 is 0 Å². The fraction of sp³-hybridized carbons (Fsp3) is 0.333. The highest BCUT2D eigenvalue weighted by molar-refractivity contribution is 5.85. The van der Waals surface area contributed by atoms with Crippen molar-refractivity contribution in [1.82, 2.24) is 4.90 Å². The maximum Gasteiger partial charge on any atom is 0.150 e. The van der Waals surface area contributed by atoms with Crippen LogP contribution in [-0.4, -0.2) is 31.6 Å². The Balaban J connectivity index is 0.00000144. The second-order valence-corrected chi connectivity index (χ2v) is 6.08. The van der Waals surface area contributed by atoms with Crippen LogP contribution in [0.25, 0.3) is 0 Å². The van der Waals surface area contributed by atoms with Gasteiger partial charge in [0, 0.05) is 25.2 Å². The number of para-hydroxylation sites is 1. The molecule has 0 spiro atoms. The van der Waals surface area contributed by atoms with Crippen molar-refractivity contribution in [3.8, 4) is 11.5 Å². The Bertz CT molecular complexity index is 689. The quantitative estimate of drug-likeness (QED) is 0.730. The van der Waals surface area contributed by atoms with Crippen molar-refractivity contribution in [3.63, 3.8) is 0 Å². The van der Waals surface area contributed by atoms with Gasteiger partial charge in [-0.1, -0.05) is 24.3 Å². The zero-order valence-corrected chi connectivity index (χ0v) is 13.8. The van der Waals surface area contributed by atoms with Gasteiger partial charge in [-0.15, -0.1) is 12.4 Å². The third-order valence-electron chi connectivity index (χ3n) is 4.51. The van der Waals surface area contributed by atoms with Crippen LogP contribution in [0.1, 0.15) is 17.2 Å². The fourth-order valence-electron chi connectivity index (χ4n) is 3.38. The Labute approximate surface area is 137 Å². The first kappa shape index (κ1) is 15.2. The van der Waals surface area contributed by atoms with E-state index in [1.54, 1.807) is 0 Å². The number of hydrogen-bond acceptors (Lipinski definition) is 3. The lowest BCUT2D eigenvalue weighted by Gasteiger charge is -2.41. The maximum absolute atomic E-state index is 6.22. The molecule has 3 nitrogen and oxygen atoms in total. The van der Waals surface area contributed by atoms with Gasteiger partial charge >= 0.3 is 0 Å². The van der Waals surface area contributed by atoms with Crippen LogP contribution in [-0.2, 0) is 0 Å². The zero-order chi connectivity index (χ0) is 14.4. The molecule has 1 saturated heterocycles. The number of halogens is 1. The summed E-state index contributed by atoms with van der Waals surface area (Å²) in [6, 6.07) is 15.3. The van der Waals surface area contributed by atoms with E-state index in [0.29, 0.717) is 6.04 Å². The third kappa shape index (κ3) is 2.44. The summed E-state index contributed by atoms with van der Waals surface area (Å²) in [6.07, 6.45) is 0. The molecule has 0 aliphatic carbocycles. The molecule has 0 bridgehead atoms. The van der Waals surface area contributed by atoms with Crippen LogP contribution >= 0.6 is 12.4 Å². The molecular formula is C18H21ClN2O. The van der Waals surface area contributed by atoms with Crippen LogP contribution in [0.15, 0.2) is 42.5 Å². The molecule has 0 aromatic heterocycles. The summed E-state index contributed by atoms with van der Waals surface area (Å²) in [7, 11) is 2.20. The molecule has 0 amide bonds. The van der Waals surface area contributed by atoms with E-state index in [-0.39, 0.29) is 12.4 Å². The van der Waals surface area contributed by atoms with Gasteiger partial charge in [0.15, 0.2) is 5.75 Å². The average molecular weight is 317 g/mol. The van der Waals surface area contributed by atoms with Crippen LogP contribution in [0.5, 0.6) is 11.5 Å². The molecule has 2 heterocycles. The molecule has 2 aromatic carbocycles. The first-order chi connectivity index (χ1) is 10.2. The summed E-state index contributed by atoms with van der Waals surface area (Å²) < 4.78 is 6.22. The molecule has 2 aromatic rings. The molecule has 2 aliphatic rings. The minimum atomic E-state index is 0.